The van der Waals surface area contributed by atoms with Crippen molar-refractivity contribution in [1.82, 2.24) is 0 Å². The fourth-order valence-corrected chi connectivity index (χ4v) is 8.31. The van der Waals surface area contributed by atoms with Gasteiger partial charge in [0.1, 0.15) is 48.8 Å². The molecule has 0 unspecified atom stereocenters. The molecule has 4 aliphatic rings. The number of hydrogen-bond donors (Lipinski definition) is 0. The molecule has 0 amide bonds. The maximum atomic E-state index is 9.08. The second-order valence-electron chi connectivity index (χ2n) is 15.6. The Hall–Kier alpha value is -5.03. The lowest BCUT2D eigenvalue weighted by Gasteiger charge is -2.52. The third-order valence-corrected chi connectivity index (χ3v) is 11.4. The number of nitrogens with zero attached hydrogens (tertiary/aromatic N) is 3. The van der Waals surface area contributed by atoms with Gasteiger partial charge in [0.25, 0.3) is 0 Å². The second-order valence-corrected chi connectivity index (χ2v) is 15.6. The van der Waals surface area contributed by atoms with Crippen LogP contribution in [0.5, 0.6) is 0 Å². The summed E-state index contributed by atoms with van der Waals surface area (Å²) < 4.78 is 73.9. The average Bonchev–Trinajstić information content (AvgIpc) is 3.35. The van der Waals surface area contributed by atoms with Crippen LogP contribution in [0.4, 0.5) is 0 Å². The van der Waals surface area contributed by atoms with Gasteiger partial charge in [-0.05, 0) is 22.2 Å². The Balaban J connectivity index is 1.07. The lowest BCUT2D eigenvalue weighted by Crippen LogP contribution is -2.68. The Labute approximate surface area is 366 Å². The van der Waals surface area contributed by atoms with Gasteiger partial charge in [0, 0.05) is 22.6 Å². The monoisotopic (exact) mass is 857 g/mol. The Kier molecular flexibility index (Phi) is 14.8. The zero-order valence-electron chi connectivity index (χ0n) is 34.6. The van der Waals surface area contributed by atoms with Crippen molar-refractivity contribution in [3.05, 3.63) is 190 Å². The highest BCUT2D eigenvalue weighted by Crippen LogP contribution is 2.41. The fourth-order valence-electron chi connectivity index (χ4n) is 8.31. The van der Waals surface area contributed by atoms with E-state index in [9.17, 15) is 0 Å². The molecule has 14 nitrogen and oxygen atoms in total. The number of fused-ring (bicyclic) bond motifs is 2. The maximum Gasteiger partial charge on any atom is 0.187 e. The first-order chi connectivity index (χ1) is 31.2. The van der Waals surface area contributed by atoms with E-state index in [1.807, 2.05) is 152 Å². The van der Waals surface area contributed by atoms with Crippen LogP contribution in [0, 0.1) is 0 Å². The second kappa shape index (κ2) is 21.6. The van der Waals surface area contributed by atoms with Crippen LogP contribution < -0.4 is 0 Å². The van der Waals surface area contributed by atoms with E-state index in [-0.39, 0.29) is 46.2 Å². The molecule has 4 aliphatic heterocycles. The first-order valence-electron chi connectivity index (χ1n) is 21.4. The molecule has 12 atom stereocenters. The molecule has 4 fully saturated rings. The van der Waals surface area contributed by atoms with Crippen LogP contribution in [0.25, 0.3) is 10.4 Å². The van der Waals surface area contributed by atoms with E-state index in [0.29, 0.717) is 0 Å². The highest BCUT2D eigenvalue weighted by Gasteiger charge is 2.57. The number of rotatable bonds is 17. The highest BCUT2D eigenvalue weighted by atomic mass is 16.8. The Morgan fingerprint density at radius 3 is 1.35 bits per heavy atom. The van der Waals surface area contributed by atoms with Crippen molar-refractivity contribution in [2.24, 2.45) is 5.11 Å². The minimum Gasteiger partial charge on any atom is -0.368 e. The molecule has 0 radical (unpaired) electrons. The molecule has 5 aromatic carbocycles. The van der Waals surface area contributed by atoms with Crippen molar-refractivity contribution < 1.29 is 52.1 Å². The predicted molar refractivity (Wildman–Crippen MR) is 227 cm³/mol. The largest absolute Gasteiger partial charge is 0.368 e. The van der Waals surface area contributed by atoms with E-state index in [2.05, 4.69) is 10.0 Å². The van der Waals surface area contributed by atoms with E-state index in [0.717, 1.165) is 27.8 Å². The predicted octanol–water partition coefficient (Wildman–Crippen LogP) is 8.13. The molecular weight excluding hydrogens is 807 g/mol. The molecule has 0 aromatic heterocycles. The summed E-state index contributed by atoms with van der Waals surface area (Å²) in [6.45, 7) is 1.21. The summed E-state index contributed by atoms with van der Waals surface area (Å²) in [5.74, 6) is 0. The molecule has 14 heteroatoms. The number of hydrogen-bond acceptors (Lipinski definition) is 12. The maximum absolute atomic E-state index is 9.08. The lowest BCUT2D eigenvalue weighted by atomic mass is 9.95. The first kappa shape index (κ1) is 43.2. The summed E-state index contributed by atoms with van der Waals surface area (Å²) in [6, 6.07) is 49.3. The topological polar surface area (TPSA) is 150 Å². The van der Waals surface area contributed by atoms with Gasteiger partial charge in [-0.1, -0.05) is 157 Å². The summed E-state index contributed by atoms with van der Waals surface area (Å²) in [4.78, 5) is 2.91. The van der Waals surface area contributed by atoms with Crippen LogP contribution in [-0.2, 0) is 71.9 Å². The standard InChI is InChI=1S/C49H51N3O11/c50-52-51-26-27-53-48-45(43(55-29-34-18-8-2-9-19-34)41-38(59-48)31-57-47(62-41)37-24-14-5-15-25-37)63-49-44(56-30-35-20-10-3-11-21-35)42(54-28-33-16-6-1-7-17-33)40-39(60-49)32-58-46(61-40)36-22-12-4-13-23-36/h1-25,38-49H,26-32H2/t38-,39-,40-,41-,42+,43+,44+,45+,46-,47-,48-,49+/m1/s1. The van der Waals surface area contributed by atoms with Gasteiger partial charge < -0.3 is 52.1 Å². The van der Waals surface area contributed by atoms with E-state index in [1.165, 1.54) is 0 Å². The van der Waals surface area contributed by atoms with Gasteiger partial charge in [0.15, 0.2) is 25.2 Å². The highest BCUT2D eigenvalue weighted by molar-refractivity contribution is 5.19. The van der Waals surface area contributed by atoms with E-state index >= 15 is 0 Å². The van der Waals surface area contributed by atoms with E-state index < -0.39 is 74.0 Å². The average molecular weight is 858 g/mol. The van der Waals surface area contributed by atoms with Crippen molar-refractivity contribution in [2.45, 2.75) is 93.8 Å². The van der Waals surface area contributed by atoms with Gasteiger partial charge in [-0.25, -0.2) is 0 Å². The summed E-state index contributed by atoms with van der Waals surface area (Å²) in [6.07, 6.45) is -9.33. The van der Waals surface area contributed by atoms with Crippen LogP contribution in [0.2, 0.25) is 0 Å². The fraction of sp³-hybridized carbons (Fsp3) is 0.388. The van der Waals surface area contributed by atoms with Crippen molar-refractivity contribution in [2.75, 3.05) is 26.4 Å². The first-order valence-corrected chi connectivity index (χ1v) is 21.4. The molecule has 5 aromatic rings. The quantitative estimate of drug-likeness (QED) is 0.0386. The third kappa shape index (κ3) is 10.8. The van der Waals surface area contributed by atoms with Gasteiger partial charge in [-0.3, -0.25) is 0 Å². The van der Waals surface area contributed by atoms with Gasteiger partial charge in [-0.2, -0.15) is 0 Å². The summed E-state index contributed by atoms with van der Waals surface area (Å²) >= 11 is 0. The number of azide groups is 1. The summed E-state index contributed by atoms with van der Waals surface area (Å²) in [7, 11) is 0. The van der Waals surface area contributed by atoms with Crippen LogP contribution >= 0.6 is 0 Å². The third-order valence-electron chi connectivity index (χ3n) is 11.4. The summed E-state index contributed by atoms with van der Waals surface area (Å²) in [5.41, 5.74) is 13.7. The number of ether oxygens (including phenoxy) is 11. The Morgan fingerprint density at radius 2 is 0.889 bits per heavy atom. The van der Waals surface area contributed by atoms with Crippen molar-refractivity contribution in [3.63, 3.8) is 0 Å². The molecular formula is C49H51N3O11. The van der Waals surface area contributed by atoms with Crippen LogP contribution in [0.15, 0.2) is 157 Å². The minimum absolute atomic E-state index is 0.0429. The van der Waals surface area contributed by atoms with Gasteiger partial charge in [0.05, 0.1) is 39.6 Å². The molecule has 0 spiro atoms. The minimum atomic E-state index is -1.09. The summed E-state index contributed by atoms with van der Waals surface area (Å²) in [5, 5.41) is 3.70. The molecule has 0 aliphatic carbocycles. The van der Waals surface area contributed by atoms with E-state index in [4.69, 9.17) is 57.6 Å². The van der Waals surface area contributed by atoms with Crippen LogP contribution in [0.1, 0.15) is 40.4 Å². The van der Waals surface area contributed by atoms with Gasteiger partial charge >= 0.3 is 0 Å². The zero-order valence-corrected chi connectivity index (χ0v) is 34.6. The zero-order chi connectivity index (χ0) is 42.6. The SMILES string of the molecule is [N-]=[N+]=NCCO[C@@H]1O[C@@H]2CO[C@@H](c3ccccc3)O[C@H]2[C@H](OCc2ccccc2)[C@@H]1O[C@@H]1O[C@@H]2CO[C@@H](c3ccccc3)O[C@H]2[C@H](OCc2ccccc2)[C@@H]1OCc1ccccc1. The van der Waals surface area contributed by atoms with Crippen molar-refractivity contribution in [1.29, 1.82) is 0 Å². The molecule has 0 N–H and O–H groups in total. The number of benzene rings is 5. The Bertz CT molecular complexity index is 2170. The smallest absolute Gasteiger partial charge is 0.187 e. The van der Waals surface area contributed by atoms with Gasteiger partial charge in [0.2, 0.25) is 0 Å². The molecule has 0 saturated carbocycles. The van der Waals surface area contributed by atoms with E-state index in [1.54, 1.807) is 0 Å². The molecule has 0 bridgehead atoms. The van der Waals surface area contributed by atoms with Crippen LogP contribution in [-0.4, -0.2) is 87.8 Å². The molecule has 328 valence electrons. The van der Waals surface area contributed by atoms with Crippen molar-refractivity contribution >= 4 is 0 Å². The normalized spacial score (nSPS) is 30.3. The molecule has 9 rings (SSSR count). The molecule has 63 heavy (non-hydrogen) atoms. The van der Waals surface area contributed by atoms with Crippen LogP contribution in [0.3, 0.4) is 0 Å². The van der Waals surface area contributed by atoms with Crippen molar-refractivity contribution in [3.8, 4) is 0 Å². The lowest BCUT2D eigenvalue weighted by molar-refractivity contribution is -0.413. The van der Waals surface area contributed by atoms with Gasteiger partial charge in [-0.15, -0.1) is 0 Å². The molecule has 4 heterocycles. The Morgan fingerprint density at radius 1 is 0.476 bits per heavy atom. The molecule has 4 saturated heterocycles.